The van der Waals surface area contributed by atoms with Crippen molar-refractivity contribution in [3.8, 4) is 0 Å². The highest BCUT2D eigenvalue weighted by Crippen LogP contribution is 2.34. The maximum absolute atomic E-state index is 14.4. The largest absolute Gasteiger partial charge is 0.384 e. The molecule has 8 heteroatoms. The Labute approximate surface area is 159 Å². The van der Waals surface area contributed by atoms with E-state index in [1.54, 1.807) is 0 Å². The minimum absolute atomic E-state index is 0.139. The van der Waals surface area contributed by atoms with E-state index in [2.05, 4.69) is 20.6 Å². The summed E-state index contributed by atoms with van der Waals surface area (Å²) in [7, 11) is 0. The van der Waals surface area contributed by atoms with E-state index in [4.69, 9.17) is 23.2 Å². The Morgan fingerprint density at radius 2 is 2.04 bits per heavy atom. The van der Waals surface area contributed by atoms with Crippen LogP contribution in [-0.2, 0) is 5.60 Å². The van der Waals surface area contributed by atoms with Gasteiger partial charge in [0.15, 0.2) is 5.82 Å². The van der Waals surface area contributed by atoms with E-state index in [1.807, 2.05) is 18.2 Å². The number of nitrogens with one attached hydrogen (secondary N) is 2. The number of rotatable bonds is 3. The molecule has 1 atom stereocenters. The molecule has 0 saturated carbocycles. The molecular formula is C18H15Cl2FN4O. The van der Waals surface area contributed by atoms with E-state index in [0.29, 0.717) is 29.7 Å². The van der Waals surface area contributed by atoms with Crippen molar-refractivity contribution < 1.29 is 9.50 Å². The van der Waals surface area contributed by atoms with Gasteiger partial charge in [0.05, 0.1) is 21.2 Å². The number of nitrogens with zero attached hydrogens (tertiary/aromatic N) is 2. The van der Waals surface area contributed by atoms with Gasteiger partial charge in [-0.25, -0.2) is 14.4 Å². The van der Waals surface area contributed by atoms with Crippen LogP contribution >= 0.6 is 23.2 Å². The standard InChI is InChI=1S/C18H15Cl2FN4O/c19-12-2-4-14(16(21)15(12)20)25-17-11-7-10(18(26)5-6-22-8-18)1-3-13(11)23-9-24-17/h1-4,7,9,22,26H,5-6,8H2,(H,23,24,25). The monoisotopic (exact) mass is 392 g/mol. The first-order chi connectivity index (χ1) is 12.5. The van der Waals surface area contributed by atoms with E-state index < -0.39 is 11.4 Å². The van der Waals surface area contributed by atoms with Crippen LogP contribution in [0.2, 0.25) is 10.0 Å². The van der Waals surface area contributed by atoms with Crippen LogP contribution in [0.1, 0.15) is 12.0 Å². The van der Waals surface area contributed by atoms with Crippen molar-refractivity contribution in [2.45, 2.75) is 12.0 Å². The van der Waals surface area contributed by atoms with Crippen molar-refractivity contribution in [2.75, 3.05) is 18.4 Å². The first kappa shape index (κ1) is 17.4. The predicted octanol–water partition coefficient (Wildman–Crippen LogP) is 4.00. The molecule has 3 N–H and O–H groups in total. The van der Waals surface area contributed by atoms with E-state index in [9.17, 15) is 9.50 Å². The number of aromatic nitrogens is 2. The number of aliphatic hydroxyl groups is 1. The fourth-order valence-corrected chi connectivity index (χ4v) is 3.43. The van der Waals surface area contributed by atoms with Gasteiger partial charge in [-0.15, -0.1) is 0 Å². The molecule has 0 spiro atoms. The molecule has 26 heavy (non-hydrogen) atoms. The lowest BCUT2D eigenvalue weighted by Crippen LogP contribution is -2.28. The predicted molar refractivity (Wildman–Crippen MR) is 101 cm³/mol. The number of hydrogen-bond acceptors (Lipinski definition) is 5. The van der Waals surface area contributed by atoms with E-state index in [1.165, 1.54) is 18.5 Å². The van der Waals surface area contributed by atoms with Crippen molar-refractivity contribution in [3.05, 3.63) is 58.1 Å². The number of fused-ring (bicyclic) bond motifs is 1. The van der Waals surface area contributed by atoms with Crippen molar-refractivity contribution in [2.24, 2.45) is 0 Å². The van der Waals surface area contributed by atoms with Crippen molar-refractivity contribution >= 4 is 45.6 Å². The third-order valence-corrected chi connectivity index (χ3v) is 5.37. The summed E-state index contributed by atoms with van der Waals surface area (Å²) in [6.45, 7) is 1.23. The molecule has 2 aromatic carbocycles. The highest BCUT2D eigenvalue weighted by Gasteiger charge is 2.33. The maximum atomic E-state index is 14.4. The van der Waals surface area contributed by atoms with Crippen LogP contribution in [0.25, 0.3) is 10.9 Å². The Morgan fingerprint density at radius 1 is 1.19 bits per heavy atom. The molecule has 0 amide bonds. The summed E-state index contributed by atoms with van der Waals surface area (Å²) in [6.07, 6.45) is 2.02. The molecule has 3 aromatic rings. The zero-order chi connectivity index (χ0) is 18.3. The van der Waals surface area contributed by atoms with Crippen molar-refractivity contribution in [1.82, 2.24) is 15.3 Å². The lowest BCUT2D eigenvalue weighted by molar-refractivity contribution is 0.0589. The SMILES string of the molecule is OC1(c2ccc3ncnc(Nc4ccc(Cl)c(Cl)c4F)c3c2)CCNC1. The highest BCUT2D eigenvalue weighted by atomic mass is 35.5. The quantitative estimate of drug-likeness (QED) is 0.587. The zero-order valence-corrected chi connectivity index (χ0v) is 15.1. The van der Waals surface area contributed by atoms with Gasteiger partial charge < -0.3 is 15.7 Å². The van der Waals surface area contributed by atoms with Gasteiger partial charge in [0.25, 0.3) is 0 Å². The van der Waals surface area contributed by atoms with Crippen LogP contribution in [0.15, 0.2) is 36.7 Å². The Hall–Kier alpha value is -1.99. The second-order valence-electron chi connectivity index (χ2n) is 6.26. The van der Waals surface area contributed by atoms with Crippen LogP contribution in [0.5, 0.6) is 0 Å². The molecule has 0 aliphatic carbocycles. The van der Waals surface area contributed by atoms with Gasteiger partial charge in [-0.2, -0.15) is 0 Å². The third kappa shape index (κ3) is 2.99. The smallest absolute Gasteiger partial charge is 0.166 e. The summed E-state index contributed by atoms with van der Waals surface area (Å²) in [5.41, 5.74) is 0.672. The van der Waals surface area contributed by atoms with E-state index in [-0.39, 0.29) is 15.7 Å². The topological polar surface area (TPSA) is 70.1 Å². The number of hydrogen-bond donors (Lipinski definition) is 3. The molecule has 1 fully saturated rings. The molecule has 0 radical (unpaired) electrons. The molecular weight excluding hydrogens is 378 g/mol. The van der Waals surface area contributed by atoms with Gasteiger partial charge in [-0.05, 0) is 42.8 Å². The van der Waals surface area contributed by atoms with Crippen LogP contribution in [-0.4, -0.2) is 28.2 Å². The minimum atomic E-state index is -0.934. The number of anilines is 2. The number of benzene rings is 2. The van der Waals surface area contributed by atoms with Crippen molar-refractivity contribution in [3.63, 3.8) is 0 Å². The van der Waals surface area contributed by atoms with Crippen molar-refractivity contribution in [1.29, 1.82) is 0 Å². The maximum Gasteiger partial charge on any atom is 0.166 e. The molecule has 134 valence electrons. The molecule has 5 nitrogen and oxygen atoms in total. The summed E-state index contributed by atoms with van der Waals surface area (Å²) in [4.78, 5) is 8.46. The number of β-amino-alcohol motifs (C(OH)–C–C–N with tert-alkyl or cyclic N) is 1. The summed E-state index contributed by atoms with van der Waals surface area (Å²) in [6, 6.07) is 8.51. The average molecular weight is 393 g/mol. The molecule has 1 aromatic heterocycles. The molecule has 4 rings (SSSR count). The van der Waals surface area contributed by atoms with Crippen LogP contribution in [0, 0.1) is 5.82 Å². The first-order valence-electron chi connectivity index (χ1n) is 8.07. The lowest BCUT2D eigenvalue weighted by Gasteiger charge is -2.22. The van der Waals surface area contributed by atoms with Gasteiger partial charge in [0.1, 0.15) is 17.7 Å². The Bertz CT molecular complexity index is 992. The molecule has 1 aliphatic heterocycles. The highest BCUT2D eigenvalue weighted by molar-refractivity contribution is 6.42. The first-order valence-corrected chi connectivity index (χ1v) is 8.82. The normalized spacial score (nSPS) is 19.8. The second kappa shape index (κ2) is 6.63. The minimum Gasteiger partial charge on any atom is -0.384 e. The summed E-state index contributed by atoms with van der Waals surface area (Å²) >= 11 is 11.7. The Morgan fingerprint density at radius 3 is 2.81 bits per heavy atom. The molecule has 0 bridgehead atoms. The van der Waals surface area contributed by atoms with E-state index >= 15 is 0 Å². The van der Waals surface area contributed by atoms with Crippen LogP contribution in [0.4, 0.5) is 15.9 Å². The zero-order valence-electron chi connectivity index (χ0n) is 13.6. The van der Waals surface area contributed by atoms with Crippen LogP contribution in [0.3, 0.4) is 0 Å². The summed E-state index contributed by atoms with van der Waals surface area (Å²) in [5, 5.41) is 17.6. The molecule has 1 unspecified atom stereocenters. The fourth-order valence-electron chi connectivity index (χ4n) is 3.12. The van der Waals surface area contributed by atoms with Gasteiger partial charge in [-0.1, -0.05) is 29.3 Å². The van der Waals surface area contributed by atoms with Gasteiger partial charge in [0, 0.05) is 11.9 Å². The van der Waals surface area contributed by atoms with E-state index in [0.717, 1.165) is 12.1 Å². The molecule has 1 aliphatic rings. The average Bonchev–Trinajstić information content (AvgIpc) is 3.10. The Balaban J connectivity index is 1.79. The summed E-state index contributed by atoms with van der Waals surface area (Å²) < 4.78 is 14.4. The Kier molecular flexibility index (Phi) is 4.44. The third-order valence-electron chi connectivity index (χ3n) is 4.59. The van der Waals surface area contributed by atoms with Gasteiger partial charge >= 0.3 is 0 Å². The fraction of sp³-hybridized carbons (Fsp3) is 0.222. The number of halogens is 3. The second-order valence-corrected chi connectivity index (χ2v) is 7.05. The molecule has 1 saturated heterocycles. The summed E-state index contributed by atoms with van der Waals surface area (Å²) in [5.74, 6) is -0.232. The lowest BCUT2D eigenvalue weighted by atomic mass is 9.92. The van der Waals surface area contributed by atoms with Gasteiger partial charge in [-0.3, -0.25) is 0 Å². The van der Waals surface area contributed by atoms with Crippen LogP contribution < -0.4 is 10.6 Å². The van der Waals surface area contributed by atoms with Gasteiger partial charge in [0.2, 0.25) is 0 Å². The molecule has 2 heterocycles.